The molecule has 20 heteroatoms. The molecule has 0 amide bonds. The van der Waals surface area contributed by atoms with Gasteiger partial charge in [0.15, 0.2) is 23.3 Å². The fraction of sp³-hybridized carbons (Fsp3) is 0.261. The summed E-state index contributed by atoms with van der Waals surface area (Å²) in [4.78, 5) is 57.3. The molecule has 2 N–H and O–H groups in total. The van der Waals surface area contributed by atoms with Crippen LogP contribution in [0.25, 0.3) is 133 Å². The molecular weight excluding hydrogens is 1400 g/mol. The monoisotopic (exact) mass is 1490 g/mol. The second-order valence-corrected chi connectivity index (χ2v) is 28.3. The van der Waals surface area contributed by atoms with Crippen LogP contribution in [0.15, 0.2) is 219 Å². The highest BCUT2D eigenvalue weighted by Gasteiger charge is 2.25. The first-order valence-corrected chi connectivity index (χ1v) is 39.3. The largest absolute Gasteiger partial charge is 0.494 e. The topological polar surface area (TPSA) is 234 Å². The number of H-pyrrole nitrogens is 2. The average Bonchev–Trinajstić information content (AvgIpc) is 1.60. The summed E-state index contributed by atoms with van der Waals surface area (Å²) >= 11 is 0. The summed E-state index contributed by atoms with van der Waals surface area (Å²) < 4.78 is 50.7. The number of nitrogens with one attached hydrogen (secondary N) is 2. The molecule has 0 aliphatic carbocycles. The van der Waals surface area contributed by atoms with Gasteiger partial charge in [-0.05, 0) is 273 Å². The van der Waals surface area contributed by atoms with Crippen LogP contribution in [0.3, 0.4) is 0 Å². The maximum atomic E-state index is 6.54. The van der Waals surface area contributed by atoms with E-state index in [1.54, 1.807) is 0 Å². The molecule has 9 heterocycles. The van der Waals surface area contributed by atoms with Crippen LogP contribution in [-0.2, 0) is 0 Å². The van der Waals surface area contributed by atoms with Crippen molar-refractivity contribution in [1.29, 1.82) is 0 Å². The van der Waals surface area contributed by atoms with Crippen LogP contribution in [-0.4, -0.2) is 113 Å². The van der Waals surface area contributed by atoms with Gasteiger partial charge >= 0.3 is 0 Å². The predicted octanol–water partition coefficient (Wildman–Crippen LogP) is 21.1. The summed E-state index contributed by atoms with van der Waals surface area (Å²) in [5.74, 6) is 8.11. The summed E-state index contributed by atoms with van der Waals surface area (Å²) in [6.07, 6.45) is 22.4. The van der Waals surface area contributed by atoms with Crippen LogP contribution in [0, 0.1) is 0 Å². The highest BCUT2D eigenvalue weighted by Crippen LogP contribution is 2.41. The fourth-order valence-corrected chi connectivity index (χ4v) is 14.4. The minimum absolute atomic E-state index is 0.461. The van der Waals surface area contributed by atoms with Gasteiger partial charge in [-0.3, -0.25) is 19.9 Å². The smallest absolute Gasteiger partial charge is 0.164 e. The van der Waals surface area contributed by atoms with Crippen LogP contribution < -0.4 is 37.9 Å². The molecule has 0 fully saturated rings. The Morgan fingerprint density at radius 3 is 0.741 bits per heavy atom. The molecule has 0 saturated heterocycles. The Hall–Kier alpha value is -12.8. The molecule has 0 radical (unpaired) electrons. The van der Waals surface area contributed by atoms with Gasteiger partial charge in [0.2, 0.25) is 0 Å². The summed E-state index contributed by atoms with van der Waals surface area (Å²) in [6.45, 7) is 4.70. The molecule has 7 aromatic heterocycles. The highest BCUT2D eigenvalue weighted by atomic mass is 16.5. The van der Waals surface area contributed by atoms with Gasteiger partial charge in [-0.2, -0.15) is 0 Å². The minimum Gasteiger partial charge on any atom is -0.494 e. The van der Waals surface area contributed by atoms with Crippen molar-refractivity contribution in [3.8, 4) is 91.5 Å². The van der Waals surface area contributed by atoms with E-state index in [-0.39, 0.29) is 0 Å². The Morgan fingerprint density at radius 1 is 0.205 bits per heavy atom. The zero-order valence-corrected chi connectivity index (χ0v) is 62.5. The van der Waals surface area contributed by atoms with Gasteiger partial charge in [0.05, 0.1) is 74.9 Å². The zero-order chi connectivity index (χ0) is 75.0. The van der Waals surface area contributed by atoms with Crippen LogP contribution in [0.1, 0.15) is 103 Å². The number of benzene rings is 8. The summed E-state index contributed by atoms with van der Waals surface area (Å²) in [5, 5.41) is 7.51. The second kappa shape index (κ2) is 34.8. The SMILES string of the molecule is c1cnc2ccc(OCCCCCCOc3ccc4c(c3)-c3nc-4nc4[nH]c(nc5nc(nc6[nH]c(n3)c3ccc(OCCCCCCOc7ccc8ncccc8c7)cc63)-c3ccc(OCCCCCCOc6ccc7ncccc7c6)cc3-5)c3ccc(OCCCCCCOc5ccc6ncccc6c5)cc43)cc2c1. The Labute approximate surface area is 648 Å². The molecule has 0 unspecified atom stereocenters. The Morgan fingerprint density at radius 2 is 0.446 bits per heavy atom. The Bertz CT molecular complexity index is 5670. The highest BCUT2D eigenvalue weighted by molar-refractivity contribution is 6.07. The minimum atomic E-state index is 0.461. The quantitative estimate of drug-likeness (QED) is 0.0347. The second-order valence-electron chi connectivity index (χ2n) is 28.3. The number of unbranched alkanes of at least 4 members (excludes halogenated alkanes) is 12. The van der Waals surface area contributed by atoms with E-state index in [1.165, 1.54) is 0 Å². The van der Waals surface area contributed by atoms with Crippen LogP contribution in [0.5, 0.6) is 46.0 Å². The molecule has 0 saturated carbocycles. The van der Waals surface area contributed by atoms with Gasteiger partial charge in [0.1, 0.15) is 68.6 Å². The first kappa shape index (κ1) is 72.0. The van der Waals surface area contributed by atoms with Gasteiger partial charge in [0, 0.05) is 90.1 Å². The lowest BCUT2D eigenvalue weighted by atomic mass is 10.1. The number of nitrogens with zero attached hydrogens (tertiary/aromatic N) is 10. The predicted molar refractivity (Wildman–Crippen MR) is 441 cm³/mol. The van der Waals surface area contributed by atoms with Crippen molar-refractivity contribution >= 4 is 87.7 Å². The number of aromatic amines is 2. The van der Waals surface area contributed by atoms with E-state index < -0.39 is 0 Å². The molecule has 8 bridgehead atoms. The lowest BCUT2D eigenvalue weighted by Crippen LogP contribution is -2.00. The van der Waals surface area contributed by atoms with Crippen molar-refractivity contribution in [2.45, 2.75) is 103 Å². The van der Waals surface area contributed by atoms with Gasteiger partial charge < -0.3 is 47.9 Å². The number of pyridine rings is 4. The molecule has 17 rings (SSSR count). The van der Waals surface area contributed by atoms with Crippen LogP contribution >= 0.6 is 0 Å². The number of rotatable bonds is 36. The average molecular weight is 1490 g/mol. The van der Waals surface area contributed by atoms with Crippen molar-refractivity contribution in [2.75, 3.05) is 52.9 Å². The maximum absolute atomic E-state index is 6.54. The molecule has 15 aromatic rings. The van der Waals surface area contributed by atoms with Crippen molar-refractivity contribution in [1.82, 2.24) is 59.8 Å². The standard InChI is InChI=1S/C92H86N12O8/c1(9-45-105-65-29-37-81-61(53-65)21-17-41-93-81)5-13-49-109-69-25-33-73-77(57-69)89-97-85(73)102-90-79-59-71(111-51-15-7-3-11-47-107-67-31-39-83-63(55-67)23-19-43-95-83)27-35-75(79)87(99-90)104-92-80-60-72(112-52-16-8-4-12-48-108-68-32-40-84-64(56-68)24-20-44-96-84)28-36-76(80)88(100-92)103-91-78-58-70(26-34-74(78)86(98-91)101-89)110-50-14-6-2-10-46-106-66-30-38-82-62(54-66)22-18-42-94-82/h17-44,53-60H,1-16,45-52H2,(H2,97,98,99,100,101,102,103,104). The summed E-state index contributed by atoms with van der Waals surface area (Å²) in [7, 11) is 0. The van der Waals surface area contributed by atoms with E-state index >= 15 is 0 Å². The number of aromatic nitrogens is 12. The van der Waals surface area contributed by atoms with Gasteiger partial charge in [-0.1, -0.05) is 24.3 Å². The van der Waals surface area contributed by atoms with E-state index in [4.69, 9.17) is 67.8 Å². The van der Waals surface area contributed by atoms with E-state index in [0.29, 0.717) is 122 Å². The molecule has 2 aliphatic heterocycles. The third kappa shape index (κ3) is 17.4. The number of ether oxygens (including phenoxy) is 8. The Balaban J connectivity index is 0.641. The van der Waals surface area contributed by atoms with E-state index in [1.807, 2.05) is 195 Å². The first-order valence-electron chi connectivity index (χ1n) is 39.3. The normalized spacial score (nSPS) is 11.7. The number of hydrogen-bond acceptors (Lipinski definition) is 18. The lowest BCUT2D eigenvalue weighted by molar-refractivity contribution is 0.288. The fourth-order valence-electron chi connectivity index (χ4n) is 14.4. The molecule has 562 valence electrons. The van der Waals surface area contributed by atoms with Crippen LogP contribution in [0.4, 0.5) is 0 Å². The van der Waals surface area contributed by atoms with E-state index in [0.717, 1.165) is 213 Å². The Kier molecular flexibility index (Phi) is 22.4. The summed E-state index contributed by atoms with van der Waals surface area (Å²) in [6, 6.07) is 64.4. The summed E-state index contributed by atoms with van der Waals surface area (Å²) in [5.41, 5.74) is 9.17. The van der Waals surface area contributed by atoms with Gasteiger partial charge in [0.25, 0.3) is 0 Å². The van der Waals surface area contributed by atoms with E-state index in [2.05, 4.69) is 54.2 Å². The number of hydrogen-bond donors (Lipinski definition) is 2. The van der Waals surface area contributed by atoms with Crippen molar-refractivity contribution in [2.24, 2.45) is 0 Å². The molecule has 0 spiro atoms. The number of fused-ring (bicyclic) bond motifs is 24. The first-order chi connectivity index (χ1) is 55.5. The lowest BCUT2D eigenvalue weighted by Gasteiger charge is -2.09. The van der Waals surface area contributed by atoms with Crippen molar-refractivity contribution < 1.29 is 37.9 Å². The molecule has 112 heavy (non-hydrogen) atoms. The molecule has 2 aliphatic rings. The zero-order valence-electron chi connectivity index (χ0n) is 62.5. The van der Waals surface area contributed by atoms with Gasteiger partial charge in [-0.15, -0.1) is 0 Å². The molecule has 20 nitrogen and oxygen atoms in total. The van der Waals surface area contributed by atoms with Crippen molar-refractivity contribution in [3.05, 3.63) is 219 Å². The van der Waals surface area contributed by atoms with Crippen molar-refractivity contribution in [3.63, 3.8) is 0 Å². The van der Waals surface area contributed by atoms with Gasteiger partial charge in [-0.25, -0.2) is 29.9 Å². The maximum Gasteiger partial charge on any atom is 0.164 e. The van der Waals surface area contributed by atoms with Crippen LogP contribution in [0.2, 0.25) is 0 Å². The third-order valence-electron chi connectivity index (χ3n) is 20.3. The molecule has 0 atom stereocenters. The molecular formula is C92H86N12O8. The third-order valence-corrected chi connectivity index (χ3v) is 20.3. The molecule has 8 aromatic carbocycles. The van der Waals surface area contributed by atoms with E-state index in [9.17, 15) is 0 Å².